The van der Waals surface area contributed by atoms with E-state index in [1.165, 1.54) is 0 Å². The van der Waals surface area contributed by atoms with Crippen LogP contribution in [0.3, 0.4) is 0 Å². The zero-order valence-electron chi connectivity index (χ0n) is 17.6. The number of nitrogens with zero attached hydrogens (tertiary/aromatic N) is 2. The standard InChI is InChI=1S/C23H33ClN4O2/c24-18-5-1-2-6-19(18)28-13-11-27(12-14-28)10-4-3-9-26-23(30)21-17-8-7-16(15-17)20(21)22(25)29/h1-2,5-6,16-17,20-21H,3-4,7-15H2,(H2,25,29)(H,26,30). The quantitative estimate of drug-likeness (QED) is 0.618. The number of hydrogen-bond acceptors (Lipinski definition) is 4. The van der Waals surface area contributed by atoms with Gasteiger partial charge in [0.15, 0.2) is 0 Å². The molecule has 2 amide bonds. The Hall–Kier alpha value is -1.79. The van der Waals surface area contributed by atoms with Crippen molar-refractivity contribution in [2.75, 3.05) is 44.2 Å². The number of carbonyl (C=O) groups excluding carboxylic acids is 2. The molecule has 3 aliphatic rings. The summed E-state index contributed by atoms with van der Waals surface area (Å²) < 4.78 is 0. The molecule has 2 saturated carbocycles. The lowest BCUT2D eigenvalue weighted by Gasteiger charge is -2.36. The van der Waals surface area contributed by atoms with Crippen LogP contribution in [-0.4, -0.2) is 56.0 Å². The van der Waals surface area contributed by atoms with Crippen LogP contribution >= 0.6 is 11.6 Å². The van der Waals surface area contributed by atoms with E-state index in [0.717, 1.165) is 75.5 Å². The van der Waals surface area contributed by atoms with E-state index in [0.29, 0.717) is 18.4 Å². The van der Waals surface area contributed by atoms with Crippen molar-refractivity contribution in [1.29, 1.82) is 0 Å². The predicted octanol–water partition coefficient (Wildman–Crippen LogP) is 2.51. The largest absolute Gasteiger partial charge is 0.369 e. The minimum Gasteiger partial charge on any atom is -0.369 e. The highest BCUT2D eigenvalue weighted by Gasteiger charge is 2.53. The fraction of sp³-hybridized carbons (Fsp3) is 0.652. The average molecular weight is 433 g/mol. The molecular formula is C23H33ClN4O2. The van der Waals surface area contributed by atoms with Gasteiger partial charge in [0.25, 0.3) is 0 Å². The van der Waals surface area contributed by atoms with Crippen molar-refractivity contribution in [2.45, 2.75) is 32.1 Å². The fourth-order valence-electron chi connectivity index (χ4n) is 5.79. The Morgan fingerprint density at radius 3 is 2.43 bits per heavy atom. The van der Waals surface area contributed by atoms with Gasteiger partial charge in [-0.25, -0.2) is 0 Å². The van der Waals surface area contributed by atoms with Crippen molar-refractivity contribution >= 4 is 29.1 Å². The van der Waals surface area contributed by atoms with Gasteiger partial charge in [0, 0.05) is 32.7 Å². The van der Waals surface area contributed by atoms with Crippen LogP contribution in [0.15, 0.2) is 24.3 Å². The molecule has 4 atom stereocenters. The molecule has 164 valence electrons. The van der Waals surface area contributed by atoms with Gasteiger partial charge in [-0.1, -0.05) is 23.7 Å². The maximum atomic E-state index is 12.7. The maximum Gasteiger partial charge on any atom is 0.224 e. The third-order valence-electron chi connectivity index (χ3n) is 7.31. The number of rotatable bonds is 8. The Balaban J connectivity index is 1.13. The lowest BCUT2D eigenvalue weighted by molar-refractivity contribution is -0.135. The monoisotopic (exact) mass is 432 g/mol. The minimum absolute atomic E-state index is 0.0411. The Kier molecular flexibility index (Phi) is 6.84. The number of hydrogen-bond donors (Lipinski definition) is 2. The number of amides is 2. The zero-order chi connectivity index (χ0) is 21.1. The van der Waals surface area contributed by atoms with Crippen LogP contribution in [-0.2, 0) is 9.59 Å². The smallest absolute Gasteiger partial charge is 0.224 e. The van der Waals surface area contributed by atoms with Crippen molar-refractivity contribution in [3.8, 4) is 0 Å². The number of nitrogens with one attached hydrogen (secondary N) is 1. The van der Waals surface area contributed by atoms with E-state index in [4.69, 9.17) is 17.3 Å². The molecule has 2 aliphatic carbocycles. The van der Waals surface area contributed by atoms with Gasteiger partial charge in [0.05, 0.1) is 22.5 Å². The van der Waals surface area contributed by atoms with Crippen molar-refractivity contribution in [2.24, 2.45) is 29.4 Å². The van der Waals surface area contributed by atoms with Crippen LogP contribution in [0.25, 0.3) is 0 Å². The molecule has 1 saturated heterocycles. The summed E-state index contributed by atoms with van der Waals surface area (Å²) in [5.41, 5.74) is 6.71. The SMILES string of the molecule is NC(=O)C1C2CCC(C2)C1C(=O)NCCCCN1CCN(c2ccccc2Cl)CC1. The van der Waals surface area contributed by atoms with Gasteiger partial charge < -0.3 is 16.0 Å². The number of halogens is 1. The molecule has 30 heavy (non-hydrogen) atoms. The molecular weight excluding hydrogens is 400 g/mol. The molecule has 4 rings (SSSR count). The summed E-state index contributed by atoms with van der Waals surface area (Å²) in [4.78, 5) is 29.3. The minimum atomic E-state index is -0.293. The number of benzene rings is 1. The van der Waals surface area contributed by atoms with E-state index < -0.39 is 0 Å². The Bertz CT molecular complexity index is 765. The van der Waals surface area contributed by atoms with E-state index in [-0.39, 0.29) is 23.7 Å². The number of fused-ring (bicyclic) bond motifs is 2. The first-order valence-electron chi connectivity index (χ1n) is 11.3. The summed E-state index contributed by atoms with van der Waals surface area (Å²) in [6.07, 6.45) is 5.12. The molecule has 3 fully saturated rings. The first-order chi connectivity index (χ1) is 14.5. The zero-order valence-corrected chi connectivity index (χ0v) is 18.3. The summed E-state index contributed by atoms with van der Waals surface area (Å²) >= 11 is 6.32. The number of anilines is 1. The van der Waals surface area contributed by atoms with E-state index in [9.17, 15) is 9.59 Å². The van der Waals surface area contributed by atoms with E-state index in [1.807, 2.05) is 18.2 Å². The van der Waals surface area contributed by atoms with Gasteiger partial charge in [-0.3, -0.25) is 14.5 Å². The lowest BCUT2D eigenvalue weighted by Crippen LogP contribution is -2.47. The molecule has 1 heterocycles. The summed E-state index contributed by atoms with van der Waals surface area (Å²) in [5.74, 6) is -0.0236. The highest BCUT2D eigenvalue weighted by Crippen LogP contribution is 2.52. The van der Waals surface area contributed by atoms with Gasteiger partial charge in [-0.15, -0.1) is 0 Å². The fourth-order valence-corrected chi connectivity index (χ4v) is 6.04. The molecule has 1 aliphatic heterocycles. The number of carbonyl (C=O) groups is 2. The number of unbranched alkanes of at least 4 members (excludes halogenated alkanes) is 1. The number of para-hydroxylation sites is 1. The molecule has 7 heteroatoms. The first-order valence-corrected chi connectivity index (χ1v) is 11.7. The van der Waals surface area contributed by atoms with Crippen molar-refractivity contribution in [3.05, 3.63) is 29.3 Å². The van der Waals surface area contributed by atoms with Gasteiger partial charge in [0.1, 0.15) is 0 Å². The van der Waals surface area contributed by atoms with Crippen molar-refractivity contribution < 1.29 is 9.59 Å². The summed E-state index contributed by atoms with van der Waals surface area (Å²) in [7, 11) is 0. The van der Waals surface area contributed by atoms with E-state index in [1.54, 1.807) is 0 Å². The van der Waals surface area contributed by atoms with E-state index in [2.05, 4.69) is 21.2 Å². The average Bonchev–Trinajstić information content (AvgIpc) is 3.36. The molecule has 1 aromatic rings. The third-order valence-corrected chi connectivity index (χ3v) is 7.63. The van der Waals surface area contributed by atoms with Crippen LogP contribution in [0.4, 0.5) is 5.69 Å². The van der Waals surface area contributed by atoms with Crippen LogP contribution in [0.1, 0.15) is 32.1 Å². The highest BCUT2D eigenvalue weighted by atomic mass is 35.5. The second kappa shape index (κ2) is 9.56. The predicted molar refractivity (Wildman–Crippen MR) is 119 cm³/mol. The van der Waals surface area contributed by atoms with Gasteiger partial charge in [-0.2, -0.15) is 0 Å². The topological polar surface area (TPSA) is 78.7 Å². The first kappa shape index (κ1) is 21.4. The number of primary amides is 1. The van der Waals surface area contributed by atoms with Crippen LogP contribution < -0.4 is 16.0 Å². The normalized spacial score (nSPS) is 28.6. The van der Waals surface area contributed by atoms with Crippen molar-refractivity contribution in [3.63, 3.8) is 0 Å². The molecule has 4 unspecified atom stereocenters. The molecule has 0 radical (unpaired) electrons. The second-order valence-corrected chi connectivity index (χ2v) is 9.47. The molecule has 2 bridgehead atoms. The summed E-state index contributed by atoms with van der Waals surface area (Å²) in [6, 6.07) is 8.02. The lowest BCUT2D eigenvalue weighted by atomic mass is 9.78. The van der Waals surface area contributed by atoms with Gasteiger partial charge >= 0.3 is 0 Å². The van der Waals surface area contributed by atoms with Crippen LogP contribution in [0.5, 0.6) is 0 Å². The van der Waals surface area contributed by atoms with Gasteiger partial charge in [-0.05, 0) is 62.6 Å². The Morgan fingerprint density at radius 1 is 1.03 bits per heavy atom. The number of nitrogens with two attached hydrogens (primary N) is 1. The third kappa shape index (κ3) is 4.59. The van der Waals surface area contributed by atoms with E-state index >= 15 is 0 Å². The summed E-state index contributed by atoms with van der Waals surface area (Å²) in [6.45, 7) is 5.76. The summed E-state index contributed by atoms with van der Waals surface area (Å²) in [5, 5.41) is 3.89. The molecule has 1 aromatic carbocycles. The Labute approximate surface area is 184 Å². The van der Waals surface area contributed by atoms with Crippen LogP contribution in [0.2, 0.25) is 5.02 Å². The molecule has 0 spiro atoms. The second-order valence-electron chi connectivity index (χ2n) is 9.07. The van der Waals surface area contributed by atoms with Gasteiger partial charge in [0.2, 0.25) is 11.8 Å². The molecule has 3 N–H and O–H groups in total. The molecule has 6 nitrogen and oxygen atoms in total. The van der Waals surface area contributed by atoms with Crippen molar-refractivity contribution in [1.82, 2.24) is 10.2 Å². The van der Waals surface area contributed by atoms with Crippen LogP contribution in [0, 0.1) is 23.7 Å². The molecule has 0 aromatic heterocycles. The number of piperazine rings is 1. The maximum absolute atomic E-state index is 12.7. The highest BCUT2D eigenvalue weighted by molar-refractivity contribution is 6.33. The Morgan fingerprint density at radius 2 is 1.73 bits per heavy atom.